The van der Waals surface area contributed by atoms with Gasteiger partial charge in [-0.25, -0.2) is 0 Å². The van der Waals surface area contributed by atoms with Gasteiger partial charge in [-0.1, -0.05) is 6.07 Å². The maximum absolute atomic E-state index is 10.5. The van der Waals surface area contributed by atoms with Gasteiger partial charge >= 0.3 is 5.97 Å². The van der Waals surface area contributed by atoms with Crippen LogP contribution in [0.1, 0.15) is 18.2 Å². The van der Waals surface area contributed by atoms with E-state index in [1.807, 2.05) is 0 Å². The minimum absolute atomic E-state index is 0.171. The van der Waals surface area contributed by atoms with Gasteiger partial charge in [0.05, 0.1) is 18.2 Å². The van der Waals surface area contributed by atoms with Crippen LogP contribution in [0.4, 0.5) is 0 Å². The summed E-state index contributed by atoms with van der Waals surface area (Å²) in [5.74, 6) is -0.977. The SMILES string of the molecule is O=CN[C@@H](CC(=O)O)c1ccccn1. The van der Waals surface area contributed by atoms with Crippen LogP contribution >= 0.6 is 0 Å². The second-order valence-electron chi connectivity index (χ2n) is 2.69. The average Bonchev–Trinajstić information content (AvgIpc) is 2.18. The molecule has 0 saturated heterocycles. The van der Waals surface area contributed by atoms with E-state index in [1.165, 1.54) is 0 Å². The van der Waals surface area contributed by atoms with Crippen molar-refractivity contribution in [3.63, 3.8) is 0 Å². The van der Waals surface area contributed by atoms with Crippen LogP contribution in [-0.2, 0) is 9.59 Å². The minimum atomic E-state index is -0.977. The van der Waals surface area contributed by atoms with Crippen molar-refractivity contribution in [2.45, 2.75) is 12.5 Å². The Morgan fingerprint density at radius 1 is 1.64 bits per heavy atom. The molecular weight excluding hydrogens is 184 g/mol. The van der Waals surface area contributed by atoms with Gasteiger partial charge in [0, 0.05) is 6.20 Å². The summed E-state index contributed by atoms with van der Waals surface area (Å²) in [5, 5.41) is 11.0. The van der Waals surface area contributed by atoms with Crippen molar-refractivity contribution in [2.24, 2.45) is 0 Å². The molecule has 1 atom stereocenters. The van der Waals surface area contributed by atoms with E-state index in [1.54, 1.807) is 24.4 Å². The number of carbonyl (C=O) groups excluding carboxylic acids is 1. The van der Waals surface area contributed by atoms with Gasteiger partial charge in [-0.05, 0) is 12.1 Å². The molecule has 14 heavy (non-hydrogen) atoms. The molecule has 1 rings (SSSR count). The third-order valence-electron chi connectivity index (χ3n) is 1.69. The van der Waals surface area contributed by atoms with Gasteiger partial charge in [-0.2, -0.15) is 0 Å². The molecule has 0 fully saturated rings. The molecular formula is C9H10N2O3. The fraction of sp³-hybridized carbons (Fsp3) is 0.222. The average molecular weight is 194 g/mol. The first-order valence-corrected chi connectivity index (χ1v) is 4.06. The molecule has 0 aliphatic rings. The lowest BCUT2D eigenvalue weighted by Crippen LogP contribution is -2.23. The molecule has 0 unspecified atom stereocenters. The highest BCUT2D eigenvalue weighted by Gasteiger charge is 2.14. The number of rotatable bonds is 5. The summed E-state index contributed by atoms with van der Waals surface area (Å²) in [5.41, 5.74) is 0.544. The molecule has 0 aliphatic heterocycles. The number of nitrogens with one attached hydrogen (secondary N) is 1. The van der Waals surface area contributed by atoms with Crippen LogP contribution < -0.4 is 5.32 Å². The zero-order chi connectivity index (χ0) is 10.4. The topological polar surface area (TPSA) is 79.3 Å². The number of hydrogen-bond acceptors (Lipinski definition) is 3. The maximum Gasteiger partial charge on any atom is 0.305 e. The Labute approximate surface area is 80.8 Å². The number of aromatic nitrogens is 1. The monoisotopic (exact) mass is 194 g/mol. The number of carbonyl (C=O) groups is 2. The second-order valence-corrected chi connectivity index (χ2v) is 2.69. The van der Waals surface area contributed by atoms with E-state index in [0.29, 0.717) is 12.1 Å². The fourth-order valence-corrected chi connectivity index (χ4v) is 1.09. The van der Waals surface area contributed by atoms with Crippen LogP contribution in [0.5, 0.6) is 0 Å². The van der Waals surface area contributed by atoms with Crippen LogP contribution in [0.25, 0.3) is 0 Å². The lowest BCUT2D eigenvalue weighted by Gasteiger charge is -2.12. The third kappa shape index (κ3) is 2.85. The Balaban J connectivity index is 2.77. The standard InChI is InChI=1S/C9H10N2O3/c12-6-11-8(5-9(13)14)7-3-1-2-4-10-7/h1-4,6,8H,5H2,(H,11,12)(H,13,14)/t8-/m0/s1. The van der Waals surface area contributed by atoms with Crippen LogP contribution in [0.2, 0.25) is 0 Å². The molecule has 5 nitrogen and oxygen atoms in total. The Hall–Kier alpha value is -1.91. The summed E-state index contributed by atoms with van der Waals surface area (Å²) in [6, 6.07) is 4.57. The van der Waals surface area contributed by atoms with Crippen molar-refractivity contribution < 1.29 is 14.7 Å². The molecule has 0 radical (unpaired) electrons. The molecule has 0 saturated carbocycles. The quantitative estimate of drug-likeness (QED) is 0.662. The van der Waals surface area contributed by atoms with E-state index in [2.05, 4.69) is 10.3 Å². The van der Waals surface area contributed by atoms with E-state index in [0.717, 1.165) is 0 Å². The van der Waals surface area contributed by atoms with Gasteiger partial charge in [-0.3, -0.25) is 14.6 Å². The van der Waals surface area contributed by atoms with E-state index in [4.69, 9.17) is 5.11 Å². The molecule has 1 aromatic heterocycles. The van der Waals surface area contributed by atoms with Crippen LogP contribution in [0.15, 0.2) is 24.4 Å². The maximum atomic E-state index is 10.5. The first-order valence-electron chi connectivity index (χ1n) is 4.06. The van der Waals surface area contributed by atoms with Gasteiger partial charge in [0.2, 0.25) is 6.41 Å². The molecule has 1 aromatic rings. The Kier molecular flexibility index (Phi) is 3.60. The van der Waals surface area contributed by atoms with Gasteiger partial charge in [-0.15, -0.1) is 0 Å². The second kappa shape index (κ2) is 4.96. The van der Waals surface area contributed by atoms with E-state index < -0.39 is 12.0 Å². The number of carboxylic acid groups (broad SMARTS) is 1. The predicted octanol–water partition coefficient (Wildman–Crippen LogP) is 0.343. The number of nitrogens with zero attached hydrogens (tertiary/aromatic N) is 1. The summed E-state index contributed by atoms with van der Waals surface area (Å²) in [4.78, 5) is 24.7. The zero-order valence-electron chi connectivity index (χ0n) is 7.38. The minimum Gasteiger partial charge on any atom is -0.481 e. The number of carboxylic acids is 1. The lowest BCUT2D eigenvalue weighted by atomic mass is 10.1. The smallest absolute Gasteiger partial charge is 0.305 e. The fourth-order valence-electron chi connectivity index (χ4n) is 1.09. The van der Waals surface area contributed by atoms with Crippen LogP contribution in [-0.4, -0.2) is 22.5 Å². The summed E-state index contributed by atoms with van der Waals surface area (Å²) < 4.78 is 0. The largest absolute Gasteiger partial charge is 0.481 e. The first kappa shape index (κ1) is 10.2. The van der Waals surface area contributed by atoms with Crippen molar-refractivity contribution in [2.75, 3.05) is 0 Å². The molecule has 74 valence electrons. The summed E-state index contributed by atoms with van der Waals surface area (Å²) >= 11 is 0. The van der Waals surface area contributed by atoms with Gasteiger partial charge in [0.1, 0.15) is 0 Å². The van der Waals surface area contributed by atoms with Crippen LogP contribution in [0, 0.1) is 0 Å². The van der Waals surface area contributed by atoms with Crippen molar-refractivity contribution >= 4 is 12.4 Å². The van der Waals surface area contributed by atoms with Crippen molar-refractivity contribution in [1.82, 2.24) is 10.3 Å². The molecule has 0 spiro atoms. The molecule has 0 aliphatic carbocycles. The normalized spacial score (nSPS) is 11.7. The molecule has 0 bridgehead atoms. The molecule has 1 amide bonds. The number of pyridine rings is 1. The Morgan fingerprint density at radius 2 is 2.43 bits per heavy atom. The predicted molar refractivity (Wildman–Crippen MR) is 48.4 cm³/mol. The van der Waals surface area contributed by atoms with Crippen molar-refractivity contribution in [1.29, 1.82) is 0 Å². The Bertz CT molecular complexity index is 313. The van der Waals surface area contributed by atoms with Crippen LogP contribution in [0.3, 0.4) is 0 Å². The van der Waals surface area contributed by atoms with E-state index >= 15 is 0 Å². The molecule has 2 N–H and O–H groups in total. The summed E-state index contributed by atoms with van der Waals surface area (Å²) in [6.45, 7) is 0. The zero-order valence-corrected chi connectivity index (χ0v) is 7.38. The molecule has 0 aromatic carbocycles. The van der Waals surface area contributed by atoms with Gasteiger partial charge in [0.25, 0.3) is 0 Å². The summed E-state index contributed by atoms with van der Waals surface area (Å²) in [7, 11) is 0. The summed E-state index contributed by atoms with van der Waals surface area (Å²) in [6.07, 6.45) is 1.86. The van der Waals surface area contributed by atoms with Crippen molar-refractivity contribution in [3.05, 3.63) is 30.1 Å². The van der Waals surface area contributed by atoms with Gasteiger partial charge < -0.3 is 10.4 Å². The highest BCUT2D eigenvalue weighted by Crippen LogP contribution is 2.12. The van der Waals surface area contributed by atoms with Gasteiger partial charge in [0.15, 0.2) is 0 Å². The highest BCUT2D eigenvalue weighted by molar-refractivity contribution is 5.68. The third-order valence-corrected chi connectivity index (χ3v) is 1.69. The molecule has 5 heteroatoms. The van der Waals surface area contributed by atoms with E-state index in [9.17, 15) is 9.59 Å². The van der Waals surface area contributed by atoms with E-state index in [-0.39, 0.29) is 6.42 Å². The first-order chi connectivity index (χ1) is 6.74. The number of aliphatic carboxylic acids is 1. The number of amides is 1. The number of hydrogen-bond donors (Lipinski definition) is 2. The Morgan fingerprint density at radius 3 is 2.93 bits per heavy atom. The lowest BCUT2D eigenvalue weighted by molar-refractivity contribution is -0.137. The van der Waals surface area contributed by atoms with Crippen molar-refractivity contribution in [3.8, 4) is 0 Å². The molecule has 1 heterocycles. The highest BCUT2D eigenvalue weighted by atomic mass is 16.4.